The Balaban J connectivity index is 0.00000169. The van der Waals surface area contributed by atoms with Crippen LogP contribution in [0, 0.1) is 0 Å². The van der Waals surface area contributed by atoms with Gasteiger partial charge >= 0.3 is 29.0 Å². The molecular weight excluding hydrogens is 188 g/mol. The van der Waals surface area contributed by atoms with Crippen molar-refractivity contribution in [3.8, 4) is 0 Å². The zero-order chi connectivity index (χ0) is 9.68. The summed E-state index contributed by atoms with van der Waals surface area (Å²) >= 11 is 0. The van der Waals surface area contributed by atoms with Gasteiger partial charge in [-0.15, -0.1) is 0 Å². The first-order chi connectivity index (χ1) is 6.25. The van der Waals surface area contributed by atoms with E-state index in [-0.39, 0.29) is 23.1 Å². The molecule has 0 atom stereocenters. The van der Waals surface area contributed by atoms with E-state index in [1.54, 1.807) is 12.1 Å². The fraction of sp³-hybridized carbons (Fsp3) is 0.364. The topological polar surface area (TPSA) is 37.3 Å². The summed E-state index contributed by atoms with van der Waals surface area (Å²) in [7, 11) is 0. The molecule has 0 heterocycles. The maximum atomic E-state index is 10.8. The second-order valence-electron chi connectivity index (χ2n) is 3.07. The van der Waals surface area contributed by atoms with E-state index in [0.29, 0.717) is 5.56 Å². The summed E-state index contributed by atoms with van der Waals surface area (Å²) in [5, 5.41) is 8.86. The molecule has 0 saturated carbocycles. The molecule has 3 heteroatoms. The van der Waals surface area contributed by atoms with Crippen LogP contribution in [0.5, 0.6) is 0 Å². The molecule has 0 fully saturated rings. The van der Waals surface area contributed by atoms with E-state index in [1.165, 1.54) is 0 Å². The number of aryl methyl sites for hydroxylation is 1. The molecule has 0 aliphatic heterocycles. The summed E-state index contributed by atoms with van der Waals surface area (Å²) in [5.74, 6) is -0.827. The number of carboxylic acids is 1. The lowest BCUT2D eigenvalue weighted by Crippen LogP contribution is -2.01. The quantitative estimate of drug-likeness (QED) is 0.760. The van der Waals surface area contributed by atoms with Crippen LogP contribution in [0.4, 0.5) is 0 Å². The van der Waals surface area contributed by atoms with Crippen molar-refractivity contribution < 1.29 is 9.90 Å². The van der Waals surface area contributed by atoms with Crippen LogP contribution in [-0.4, -0.2) is 34.1 Å². The molecule has 0 amide bonds. The molecule has 0 aromatic heterocycles. The zero-order valence-electron chi connectivity index (χ0n) is 7.79. The van der Waals surface area contributed by atoms with E-state index in [4.69, 9.17) is 5.11 Å². The Morgan fingerprint density at radius 2 is 2.00 bits per heavy atom. The van der Waals surface area contributed by atoms with Crippen molar-refractivity contribution in [3.63, 3.8) is 0 Å². The van der Waals surface area contributed by atoms with Gasteiger partial charge in [0.2, 0.25) is 0 Å². The van der Waals surface area contributed by atoms with Gasteiger partial charge in [0.1, 0.15) is 0 Å². The summed E-state index contributed by atoms with van der Waals surface area (Å²) in [4.78, 5) is 10.8. The number of aromatic carboxylic acids is 1. The van der Waals surface area contributed by atoms with E-state index in [1.807, 2.05) is 12.1 Å². The first-order valence-electron chi connectivity index (χ1n) is 4.57. The lowest BCUT2D eigenvalue weighted by atomic mass is 10.0. The molecule has 0 aliphatic carbocycles. The Morgan fingerprint density at radius 3 is 2.57 bits per heavy atom. The molecule has 1 N–H and O–H groups in total. The standard InChI is InChI=1S/C11H14O2.Mg.2H/c1-2-3-6-9-7-4-5-8-10(9)11(12)13;;;/h4-5,7-8H,2-3,6H2,1H3,(H,12,13);;;. The fourth-order valence-corrected chi connectivity index (χ4v) is 1.31. The van der Waals surface area contributed by atoms with E-state index in [0.717, 1.165) is 24.8 Å². The Labute approximate surface area is 100 Å². The van der Waals surface area contributed by atoms with Crippen molar-refractivity contribution in [2.75, 3.05) is 0 Å². The highest BCUT2D eigenvalue weighted by Gasteiger charge is 2.07. The van der Waals surface area contributed by atoms with Crippen molar-refractivity contribution in [2.24, 2.45) is 0 Å². The fourth-order valence-electron chi connectivity index (χ4n) is 1.31. The SMILES string of the molecule is CCCCc1ccccc1C(=O)O.[MgH2]. The van der Waals surface area contributed by atoms with Crippen LogP contribution in [0.3, 0.4) is 0 Å². The summed E-state index contributed by atoms with van der Waals surface area (Å²) in [6.07, 6.45) is 3.00. The summed E-state index contributed by atoms with van der Waals surface area (Å²) in [5.41, 5.74) is 1.38. The summed E-state index contributed by atoms with van der Waals surface area (Å²) in [6, 6.07) is 7.20. The van der Waals surface area contributed by atoms with E-state index in [2.05, 4.69) is 6.92 Å². The van der Waals surface area contributed by atoms with Gasteiger partial charge in [0.25, 0.3) is 0 Å². The Morgan fingerprint density at radius 1 is 1.36 bits per heavy atom. The normalized spacial score (nSPS) is 9.21. The smallest absolute Gasteiger partial charge is 0.335 e. The van der Waals surface area contributed by atoms with E-state index >= 15 is 0 Å². The first-order valence-corrected chi connectivity index (χ1v) is 4.57. The largest absolute Gasteiger partial charge is 0.478 e. The average molecular weight is 205 g/mol. The van der Waals surface area contributed by atoms with Gasteiger partial charge in [-0.05, 0) is 24.5 Å². The lowest BCUT2D eigenvalue weighted by molar-refractivity contribution is 0.0695. The molecule has 0 unspecified atom stereocenters. The summed E-state index contributed by atoms with van der Waals surface area (Å²) in [6.45, 7) is 2.10. The number of hydrogen-bond donors (Lipinski definition) is 1. The number of hydrogen-bond acceptors (Lipinski definition) is 1. The van der Waals surface area contributed by atoms with Gasteiger partial charge in [-0.25, -0.2) is 4.79 Å². The molecule has 0 bridgehead atoms. The molecular formula is C11H16MgO2. The predicted molar refractivity (Wildman–Crippen MR) is 60.6 cm³/mol. The number of unbranched alkanes of at least 4 members (excludes halogenated alkanes) is 1. The third-order valence-electron chi connectivity index (χ3n) is 2.05. The van der Waals surface area contributed by atoms with E-state index in [9.17, 15) is 4.79 Å². The van der Waals surface area contributed by atoms with Gasteiger partial charge in [-0.2, -0.15) is 0 Å². The molecule has 1 aromatic carbocycles. The first kappa shape index (κ1) is 13.5. The third-order valence-corrected chi connectivity index (χ3v) is 2.05. The van der Waals surface area contributed by atoms with Crippen molar-refractivity contribution >= 4 is 29.0 Å². The van der Waals surface area contributed by atoms with Crippen LogP contribution >= 0.6 is 0 Å². The monoisotopic (exact) mass is 204 g/mol. The minimum atomic E-state index is -0.827. The second-order valence-corrected chi connectivity index (χ2v) is 3.07. The van der Waals surface area contributed by atoms with Crippen molar-refractivity contribution in [2.45, 2.75) is 26.2 Å². The molecule has 1 rings (SSSR count). The van der Waals surface area contributed by atoms with Crippen LogP contribution in [0.25, 0.3) is 0 Å². The number of carbonyl (C=O) groups is 1. The molecule has 74 valence electrons. The van der Waals surface area contributed by atoms with Gasteiger partial charge < -0.3 is 5.11 Å². The van der Waals surface area contributed by atoms with E-state index < -0.39 is 5.97 Å². The molecule has 1 aromatic rings. The van der Waals surface area contributed by atoms with Gasteiger partial charge in [-0.1, -0.05) is 31.5 Å². The Kier molecular flexibility index (Phi) is 6.58. The Bertz CT molecular complexity index is 297. The molecule has 14 heavy (non-hydrogen) atoms. The average Bonchev–Trinajstić information content (AvgIpc) is 2.15. The summed E-state index contributed by atoms with van der Waals surface area (Å²) < 4.78 is 0. The molecule has 2 nitrogen and oxygen atoms in total. The Hall–Kier alpha value is -0.544. The van der Waals surface area contributed by atoms with Gasteiger partial charge in [0.05, 0.1) is 5.56 Å². The predicted octanol–water partition coefficient (Wildman–Crippen LogP) is 1.81. The van der Waals surface area contributed by atoms with Crippen molar-refractivity contribution in [1.29, 1.82) is 0 Å². The van der Waals surface area contributed by atoms with Crippen LogP contribution in [-0.2, 0) is 6.42 Å². The van der Waals surface area contributed by atoms with Crippen LogP contribution < -0.4 is 0 Å². The second kappa shape index (κ2) is 6.84. The minimum Gasteiger partial charge on any atom is -0.478 e. The number of carboxylic acid groups (broad SMARTS) is 1. The van der Waals surface area contributed by atoms with Crippen LogP contribution in [0.15, 0.2) is 24.3 Å². The third kappa shape index (κ3) is 3.68. The lowest BCUT2D eigenvalue weighted by Gasteiger charge is -2.03. The maximum Gasteiger partial charge on any atom is 0.335 e. The number of benzene rings is 1. The van der Waals surface area contributed by atoms with Gasteiger partial charge in [-0.3, -0.25) is 0 Å². The highest BCUT2D eigenvalue weighted by Crippen LogP contribution is 2.11. The maximum absolute atomic E-state index is 10.8. The minimum absolute atomic E-state index is 0. The van der Waals surface area contributed by atoms with Crippen molar-refractivity contribution in [3.05, 3.63) is 35.4 Å². The molecule has 0 radical (unpaired) electrons. The highest BCUT2D eigenvalue weighted by atomic mass is 24.3. The number of rotatable bonds is 4. The van der Waals surface area contributed by atoms with Gasteiger partial charge in [0.15, 0.2) is 0 Å². The molecule has 0 spiro atoms. The molecule has 0 aliphatic rings. The van der Waals surface area contributed by atoms with Crippen LogP contribution in [0.2, 0.25) is 0 Å². The van der Waals surface area contributed by atoms with Crippen molar-refractivity contribution in [1.82, 2.24) is 0 Å². The van der Waals surface area contributed by atoms with Crippen LogP contribution in [0.1, 0.15) is 35.7 Å². The van der Waals surface area contributed by atoms with Gasteiger partial charge in [0, 0.05) is 0 Å². The highest BCUT2D eigenvalue weighted by molar-refractivity contribution is 5.89. The zero-order valence-corrected chi connectivity index (χ0v) is 7.79. The molecule has 0 saturated heterocycles.